The summed E-state index contributed by atoms with van der Waals surface area (Å²) in [6, 6.07) is 4.53. The van der Waals surface area contributed by atoms with Crippen molar-refractivity contribution in [2.45, 2.75) is 6.36 Å². The molecule has 0 amide bonds. The third kappa shape index (κ3) is 3.72. The molecule has 0 unspecified atom stereocenters. The molecule has 0 spiro atoms. The average molecular weight is 400 g/mol. The van der Waals surface area contributed by atoms with Crippen LogP contribution in [0.3, 0.4) is 0 Å². The van der Waals surface area contributed by atoms with E-state index < -0.39 is 34.4 Å². The van der Waals surface area contributed by atoms with E-state index in [0.717, 1.165) is 18.3 Å². The Hall–Kier alpha value is -3.48. The van der Waals surface area contributed by atoms with Crippen molar-refractivity contribution in [3.05, 3.63) is 40.6 Å². The van der Waals surface area contributed by atoms with Crippen LogP contribution in [0.1, 0.15) is 0 Å². The van der Waals surface area contributed by atoms with Gasteiger partial charge in [0.25, 0.3) is 0 Å². The van der Waals surface area contributed by atoms with Gasteiger partial charge < -0.3 is 14.9 Å². The molecule has 1 aromatic carbocycles. The van der Waals surface area contributed by atoms with Gasteiger partial charge in [0.15, 0.2) is 5.75 Å². The Morgan fingerprint density at radius 2 is 2.00 bits per heavy atom. The second-order valence-electron chi connectivity index (χ2n) is 4.97. The van der Waals surface area contributed by atoms with Crippen LogP contribution in [0.25, 0.3) is 21.7 Å². The van der Waals surface area contributed by atoms with Crippen molar-refractivity contribution < 1.29 is 33.0 Å². The molecule has 13 heteroatoms. The highest BCUT2D eigenvalue weighted by Crippen LogP contribution is 2.43. The quantitative estimate of drug-likeness (QED) is 0.386. The van der Waals surface area contributed by atoms with Gasteiger partial charge in [-0.3, -0.25) is 10.1 Å². The Morgan fingerprint density at radius 3 is 2.67 bits per heavy atom. The molecule has 2 heterocycles. The zero-order valence-electron chi connectivity index (χ0n) is 12.8. The number of ether oxygens (including phenoxy) is 1. The SMILES string of the molecule is O=[N+]([O-])c1cc(-c2nnsc2-c2cccnc2OC(F)(F)F)cc(O)c1O. The number of hydrogen-bond donors (Lipinski definition) is 2. The fourth-order valence-electron chi connectivity index (χ4n) is 2.19. The lowest BCUT2D eigenvalue weighted by atomic mass is 10.1. The minimum absolute atomic E-state index is 0.0393. The van der Waals surface area contributed by atoms with Crippen LogP contribution < -0.4 is 4.74 Å². The summed E-state index contributed by atoms with van der Waals surface area (Å²) in [5.74, 6) is -2.50. The predicted molar refractivity (Wildman–Crippen MR) is 85.2 cm³/mol. The van der Waals surface area contributed by atoms with Crippen molar-refractivity contribution in [1.29, 1.82) is 0 Å². The van der Waals surface area contributed by atoms with E-state index in [9.17, 15) is 33.5 Å². The first-order chi connectivity index (χ1) is 12.7. The van der Waals surface area contributed by atoms with Crippen LogP contribution in [0.2, 0.25) is 0 Å². The molecule has 3 aromatic rings. The van der Waals surface area contributed by atoms with E-state index in [1.165, 1.54) is 12.1 Å². The lowest BCUT2D eigenvalue weighted by molar-refractivity contribution is -0.385. The standard InChI is InChI=1S/C14H7F3N4O5S/c15-14(16,17)26-13-7(2-1-3-18-13)12-10(19-20-27-12)6-4-8(21(24)25)11(23)9(22)5-6/h1-5,22-23H. The molecule has 2 aromatic heterocycles. The van der Waals surface area contributed by atoms with Gasteiger partial charge in [0.1, 0.15) is 5.69 Å². The number of nitro groups is 1. The van der Waals surface area contributed by atoms with Crippen LogP contribution in [-0.4, -0.2) is 36.1 Å². The number of hydrogen-bond acceptors (Lipinski definition) is 9. The number of nitrogens with zero attached hydrogens (tertiary/aromatic N) is 4. The molecule has 140 valence electrons. The van der Waals surface area contributed by atoms with E-state index in [1.807, 2.05) is 0 Å². The summed E-state index contributed by atoms with van der Waals surface area (Å²) in [6.07, 6.45) is -3.90. The first-order valence-corrected chi connectivity index (χ1v) is 7.69. The Bertz CT molecular complexity index is 1020. The monoisotopic (exact) mass is 400 g/mol. The summed E-state index contributed by atoms with van der Waals surface area (Å²) in [6.45, 7) is 0. The molecule has 0 saturated carbocycles. The molecule has 0 radical (unpaired) electrons. The van der Waals surface area contributed by atoms with Gasteiger partial charge in [0.2, 0.25) is 11.6 Å². The van der Waals surface area contributed by atoms with E-state index in [2.05, 4.69) is 19.3 Å². The summed E-state index contributed by atoms with van der Waals surface area (Å²) in [4.78, 5) is 13.7. The van der Waals surface area contributed by atoms with Crippen LogP contribution in [0.15, 0.2) is 30.5 Å². The number of alkyl halides is 3. The van der Waals surface area contributed by atoms with Crippen LogP contribution in [0.4, 0.5) is 18.9 Å². The fourth-order valence-corrected chi connectivity index (χ4v) is 2.89. The number of benzene rings is 1. The summed E-state index contributed by atoms with van der Waals surface area (Å²) in [7, 11) is 0. The van der Waals surface area contributed by atoms with Crippen molar-refractivity contribution in [3.8, 4) is 39.1 Å². The largest absolute Gasteiger partial charge is 0.574 e. The van der Waals surface area contributed by atoms with Gasteiger partial charge >= 0.3 is 12.0 Å². The highest BCUT2D eigenvalue weighted by molar-refractivity contribution is 7.10. The van der Waals surface area contributed by atoms with Gasteiger partial charge in [-0.25, -0.2) is 4.98 Å². The summed E-state index contributed by atoms with van der Waals surface area (Å²) >= 11 is 0.700. The topological polar surface area (TPSA) is 132 Å². The highest BCUT2D eigenvalue weighted by atomic mass is 32.1. The molecule has 0 fully saturated rings. The van der Waals surface area contributed by atoms with Crippen LogP contribution in [0, 0.1) is 10.1 Å². The number of pyridine rings is 1. The molecule has 3 rings (SSSR count). The fraction of sp³-hybridized carbons (Fsp3) is 0.0714. The van der Waals surface area contributed by atoms with Gasteiger partial charge in [-0.2, -0.15) is 0 Å². The number of halogens is 3. The Labute approximate surface area is 151 Å². The van der Waals surface area contributed by atoms with Crippen molar-refractivity contribution in [3.63, 3.8) is 0 Å². The summed E-state index contributed by atoms with van der Waals surface area (Å²) in [5.41, 5.74) is -1.00. The highest BCUT2D eigenvalue weighted by Gasteiger charge is 2.34. The molecule has 0 saturated heterocycles. The lowest BCUT2D eigenvalue weighted by Crippen LogP contribution is -2.18. The Kier molecular flexibility index (Phi) is 4.53. The molecule has 27 heavy (non-hydrogen) atoms. The molecule has 0 bridgehead atoms. The van der Waals surface area contributed by atoms with Gasteiger partial charge in [0, 0.05) is 17.8 Å². The zero-order valence-corrected chi connectivity index (χ0v) is 13.7. The van der Waals surface area contributed by atoms with E-state index in [-0.39, 0.29) is 21.7 Å². The summed E-state index contributed by atoms with van der Waals surface area (Å²) < 4.78 is 45.3. The number of nitro benzene ring substituents is 1. The zero-order chi connectivity index (χ0) is 19.8. The third-order valence-corrected chi connectivity index (χ3v) is 4.02. The predicted octanol–water partition coefficient (Wildman–Crippen LogP) is 3.49. The summed E-state index contributed by atoms with van der Waals surface area (Å²) in [5, 5.41) is 34.0. The molecule has 0 aliphatic heterocycles. The third-order valence-electron chi connectivity index (χ3n) is 3.26. The normalized spacial score (nSPS) is 11.4. The van der Waals surface area contributed by atoms with Crippen molar-refractivity contribution in [2.24, 2.45) is 0 Å². The maximum Gasteiger partial charge on any atom is 0.574 e. The molecule has 0 aliphatic carbocycles. The minimum Gasteiger partial charge on any atom is -0.504 e. The molecule has 2 N–H and O–H groups in total. The van der Waals surface area contributed by atoms with Crippen molar-refractivity contribution in [2.75, 3.05) is 0 Å². The maximum atomic E-state index is 12.6. The van der Waals surface area contributed by atoms with Gasteiger partial charge in [0.05, 0.1) is 15.4 Å². The number of phenolic OH excluding ortho intramolecular Hbond substituents is 2. The smallest absolute Gasteiger partial charge is 0.504 e. The number of aromatic hydroxyl groups is 2. The Balaban J connectivity index is 2.16. The van der Waals surface area contributed by atoms with Crippen molar-refractivity contribution >= 4 is 17.2 Å². The second kappa shape index (κ2) is 6.68. The first-order valence-electron chi connectivity index (χ1n) is 6.91. The van der Waals surface area contributed by atoms with Gasteiger partial charge in [-0.1, -0.05) is 4.49 Å². The van der Waals surface area contributed by atoms with Crippen LogP contribution >= 0.6 is 11.5 Å². The number of phenols is 2. The minimum atomic E-state index is -4.99. The molecular weight excluding hydrogens is 393 g/mol. The van der Waals surface area contributed by atoms with E-state index >= 15 is 0 Å². The number of rotatable bonds is 4. The molecule has 0 aliphatic rings. The molecule has 9 nitrogen and oxygen atoms in total. The van der Waals surface area contributed by atoms with Gasteiger partial charge in [-0.05, 0) is 29.7 Å². The molecular formula is C14H7F3N4O5S. The Morgan fingerprint density at radius 1 is 1.26 bits per heavy atom. The van der Waals surface area contributed by atoms with E-state index in [4.69, 9.17) is 0 Å². The lowest BCUT2D eigenvalue weighted by Gasteiger charge is -2.11. The van der Waals surface area contributed by atoms with E-state index in [0.29, 0.717) is 11.5 Å². The second-order valence-corrected chi connectivity index (χ2v) is 5.73. The maximum absolute atomic E-state index is 12.6. The van der Waals surface area contributed by atoms with E-state index in [1.54, 1.807) is 0 Å². The van der Waals surface area contributed by atoms with Crippen molar-refractivity contribution in [1.82, 2.24) is 14.6 Å². The first kappa shape index (κ1) is 18.3. The van der Waals surface area contributed by atoms with Gasteiger partial charge in [-0.15, -0.1) is 18.3 Å². The van der Waals surface area contributed by atoms with Crippen LogP contribution in [0.5, 0.6) is 17.4 Å². The molecule has 0 atom stereocenters. The number of aromatic nitrogens is 3. The van der Waals surface area contributed by atoms with Crippen LogP contribution in [-0.2, 0) is 0 Å². The average Bonchev–Trinajstić information content (AvgIpc) is 3.05.